The van der Waals surface area contributed by atoms with E-state index in [1.807, 2.05) is 5.38 Å². The van der Waals surface area contributed by atoms with Crippen molar-refractivity contribution in [1.82, 2.24) is 4.98 Å². The number of thiazole rings is 1. The van der Waals surface area contributed by atoms with E-state index in [-0.39, 0.29) is 17.4 Å². The molecule has 0 bridgehead atoms. The van der Waals surface area contributed by atoms with Crippen molar-refractivity contribution in [2.45, 2.75) is 38.7 Å². The second kappa shape index (κ2) is 4.15. The topological polar surface area (TPSA) is 45.9 Å². The van der Waals surface area contributed by atoms with Gasteiger partial charge in [0.15, 0.2) is 0 Å². The molecule has 1 aromatic heterocycles. The van der Waals surface area contributed by atoms with Crippen molar-refractivity contribution < 1.29 is 4.74 Å². The van der Waals surface area contributed by atoms with Gasteiger partial charge in [-0.15, -0.1) is 11.3 Å². The van der Waals surface area contributed by atoms with Crippen LogP contribution in [0.15, 0.2) is 5.38 Å². The van der Waals surface area contributed by atoms with Crippen molar-refractivity contribution in [3.8, 4) is 6.07 Å². The molecule has 1 aliphatic heterocycles. The second-order valence-corrected chi connectivity index (χ2v) is 6.00. The summed E-state index contributed by atoms with van der Waals surface area (Å²) in [6.07, 6.45) is 0.709. The monoisotopic (exact) mass is 236 g/mol. The molecule has 1 saturated heterocycles. The zero-order valence-electron chi connectivity index (χ0n) is 9.86. The van der Waals surface area contributed by atoms with Crippen molar-refractivity contribution in [3.05, 3.63) is 16.1 Å². The summed E-state index contributed by atoms with van der Waals surface area (Å²) < 4.78 is 5.59. The van der Waals surface area contributed by atoms with Crippen LogP contribution in [0.2, 0.25) is 0 Å². The maximum Gasteiger partial charge on any atom is 0.116 e. The molecule has 0 radical (unpaired) electrons. The van der Waals surface area contributed by atoms with E-state index in [2.05, 4.69) is 31.8 Å². The Kier molecular flexibility index (Phi) is 3.00. The molecule has 2 rings (SSSR count). The fraction of sp³-hybridized carbons (Fsp3) is 0.667. The van der Waals surface area contributed by atoms with Crippen molar-refractivity contribution in [1.29, 1.82) is 5.26 Å². The lowest BCUT2D eigenvalue weighted by molar-refractivity contribution is 0.0975. The summed E-state index contributed by atoms with van der Waals surface area (Å²) in [4.78, 5) is 4.60. The second-order valence-electron chi connectivity index (χ2n) is 5.14. The predicted octanol–water partition coefficient (Wildman–Crippen LogP) is 3.04. The molecular weight excluding hydrogens is 220 g/mol. The van der Waals surface area contributed by atoms with Gasteiger partial charge in [-0.25, -0.2) is 4.98 Å². The average molecular weight is 236 g/mol. The Morgan fingerprint density at radius 3 is 2.88 bits per heavy atom. The first-order chi connectivity index (χ1) is 7.52. The molecule has 16 heavy (non-hydrogen) atoms. The number of aromatic nitrogens is 1. The lowest BCUT2D eigenvalue weighted by Crippen LogP contribution is -2.12. The standard InChI is InChI=1S/C12H16N2OS/c1-12(2,3)11-14-9(7-16-11)10-8(6-13)4-5-15-10/h7-8,10H,4-5H2,1-3H3. The van der Waals surface area contributed by atoms with E-state index in [1.165, 1.54) is 0 Å². The molecule has 0 aliphatic carbocycles. The number of hydrogen-bond acceptors (Lipinski definition) is 4. The summed E-state index contributed by atoms with van der Waals surface area (Å²) in [5.74, 6) is -0.0325. The molecule has 1 aliphatic rings. The van der Waals surface area contributed by atoms with E-state index >= 15 is 0 Å². The number of rotatable bonds is 1. The summed E-state index contributed by atoms with van der Waals surface area (Å²) in [6, 6.07) is 2.30. The third-order valence-electron chi connectivity index (χ3n) is 2.71. The van der Waals surface area contributed by atoms with E-state index in [9.17, 15) is 0 Å². The van der Waals surface area contributed by atoms with Gasteiger partial charge in [0, 0.05) is 17.4 Å². The first kappa shape index (κ1) is 11.6. The Labute approximate surface area is 100 Å². The summed E-state index contributed by atoms with van der Waals surface area (Å²) in [6.45, 7) is 7.11. The molecule has 0 saturated carbocycles. The summed E-state index contributed by atoms with van der Waals surface area (Å²) >= 11 is 1.66. The summed E-state index contributed by atoms with van der Waals surface area (Å²) in [5.41, 5.74) is 1.00. The highest BCUT2D eigenvalue weighted by molar-refractivity contribution is 7.09. The molecule has 0 amide bonds. The lowest BCUT2D eigenvalue weighted by atomic mass is 9.97. The quantitative estimate of drug-likeness (QED) is 0.753. The maximum atomic E-state index is 9.01. The average Bonchev–Trinajstić information content (AvgIpc) is 2.84. The summed E-state index contributed by atoms with van der Waals surface area (Å²) in [7, 11) is 0. The first-order valence-corrected chi connectivity index (χ1v) is 6.37. The minimum Gasteiger partial charge on any atom is -0.370 e. The van der Waals surface area contributed by atoms with Gasteiger partial charge in [-0.3, -0.25) is 0 Å². The number of nitriles is 1. The highest BCUT2D eigenvalue weighted by Gasteiger charge is 2.32. The van der Waals surface area contributed by atoms with E-state index < -0.39 is 0 Å². The molecule has 3 nitrogen and oxygen atoms in total. The fourth-order valence-electron chi connectivity index (χ4n) is 1.77. The van der Waals surface area contributed by atoms with E-state index in [4.69, 9.17) is 10.00 Å². The van der Waals surface area contributed by atoms with Crippen LogP contribution in [-0.4, -0.2) is 11.6 Å². The zero-order valence-corrected chi connectivity index (χ0v) is 10.7. The third kappa shape index (κ3) is 2.11. The molecule has 4 heteroatoms. The Hall–Kier alpha value is -0.920. The van der Waals surface area contributed by atoms with Gasteiger partial charge in [0.2, 0.25) is 0 Å². The highest BCUT2D eigenvalue weighted by Crippen LogP contribution is 2.36. The van der Waals surface area contributed by atoms with E-state index in [0.717, 1.165) is 17.1 Å². The lowest BCUT2D eigenvalue weighted by Gasteiger charge is -2.14. The molecule has 1 fully saturated rings. The largest absolute Gasteiger partial charge is 0.370 e. The van der Waals surface area contributed by atoms with Gasteiger partial charge in [0.05, 0.1) is 22.7 Å². The van der Waals surface area contributed by atoms with Gasteiger partial charge < -0.3 is 4.74 Å². The maximum absolute atomic E-state index is 9.01. The van der Waals surface area contributed by atoms with Gasteiger partial charge in [-0.2, -0.15) is 5.26 Å². The van der Waals surface area contributed by atoms with Gasteiger partial charge in [0.25, 0.3) is 0 Å². The minimum atomic E-state index is -0.114. The van der Waals surface area contributed by atoms with Crippen molar-refractivity contribution in [2.75, 3.05) is 6.61 Å². The molecule has 86 valence electrons. The molecule has 0 spiro atoms. The van der Waals surface area contributed by atoms with Crippen LogP contribution in [-0.2, 0) is 10.2 Å². The molecule has 0 aromatic carbocycles. The van der Waals surface area contributed by atoms with E-state index in [1.54, 1.807) is 11.3 Å². The van der Waals surface area contributed by atoms with Crippen LogP contribution < -0.4 is 0 Å². The van der Waals surface area contributed by atoms with Crippen LogP contribution in [0.25, 0.3) is 0 Å². The molecule has 2 heterocycles. The number of hydrogen-bond donors (Lipinski definition) is 0. The zero-order chi connectivity index (χ0) is 11.8. The van der Waals surface area contributed by atoms with Crippen molar-refractivity contribution in [2.24, 2.45) is 5.92 Å². The van der Waals surface area contributed by atoms with Crippen molar-refractivity contribution in [3.63, 3.8) is 0 Å². The van der Waals surface area contributed by atoms with Gasteiger partial charge >= 0.3 is 0 Å². The Morgan fingerprint density at radius 2 is 2.31 bits per heavy atom. The van der Waals surface area contributed by atoms with Gasteiger partial charge in [0.1, 0.15) is 6.10 Å². The molecule has 2 unspecified atom stereocenters. The van der Waals surface area contributed by atoms with Crippen LogP contribution in [0, 0.1) is 17.2 Å². The number of ether oxygens (including phenoxy) is 1. The fourth-order valence-corrected chi connectivity index (χ4v) is 2.71. The Balaban J connectivity index is 2.23. The highest BCUT2D eigenvalue weighted by atomic mass is 32.1. The van der Waals surface area contributed by atoms with Crippen LogP contribution in [0.5, 0.6) is 0 Å². The Bertz CT molecular complexity index is 413. The Morgan fingerprint density at radius 1 is 1.56 bits per heavy atom. The molecule has 0 N–H and O–H groups in total. The normalized spacial score (nSPS) is 25.6. The van der Waals surface area contributed by atoms with Crippen LogP contribution in [0.3, 0.4) is 0 Å². The van der Waals surface area contributed by atoms with Crippen LogP contribution in [0.1, 0.15) is 44.0 Å². The smallest absolute Gasteiger partial charge is 0.116 e. The molecular formula is C12H16N2OS. The van der Waals surface area contributed by atoms with Gasteiger partial charge in [-0.1, -0.05) is 20.8 Å². The SMILES string of the molecule is CC(C)(C)c1nc(C2OCCC2C#N)cs1. The van der Waals surface area contributed by atoms with Crippen LogP contribution >= 0.6 is 11.3 Å². The third-order valence-corrected chi connectivity index (χ3v) is 4.00. The predicted molar refractivity (Wildman–Crippen MR) is 63.2 cm³/mol. The molecule has 2 atom stereocenters. The summed E-state index contributed by atoms with van der Waals surface area (Å²) in [5, 5.41) is 12.1. The van der Waals surface area contributed by atoms with Crippen LogP contribution in [0.4, 0.5) is 0 Å². The number of nitrogens with zero attached hydrogens (tertiary/aromatic N) is 2. The van der Waals surface area contributed by atoms with Gasteiger partial charge in [-0.05, 0) is 6.42 Å². The molecule has 1 aromatic rings. The van der Waals surface area contributed by atoms with E-state index in [0.29, 0.717) is 6.61 Å². The van der Waals surface area contributed by atoms with Crippen molar-refractivity contribution >= 4 is 11.3 Å². The first-order valence-electron chi connectivity index (χ1n) is 5.49. The minimum absolute atomic E-state index is 0.0325.